The molecule has 132 valence electrons. The van der Waals surface area contributed by atoms with Crippen LogP contribution < -0.4 is 10.4 Å². The second-order valence-electron chi connectivity index (χ2n) is 6.85. The lowest BCUT2D eigenvalue weighted by molar-refractivity contribution is 0.506. The molecular formula is C23H11F2N3. The summed E-state index contributed by atoms with van der Waals surface area (Å²) in [7, 11) is 0. The largest absolute Gasteiger partial charge is 0.251 e. The lowest BCUT2D eigenvalue weighted by atomic mass is 10.0. The molecule has 0 saturated carbocycles. The van der Waals surface area contributed by atoms with E-state index in [1.807, 2.05) is 24.3 Å². The Kier molecular flexibility index (Phi) is 2.95. The molecular weight excluding hydrogens is 356 g/mol. The number of halogens is 2. The lowest BCUT2D eigenvalue weighted by Gasteiger charge is -2.06. The first-order valence-corrected chi connectivity index (χ1v) is 8.85. The molecule has 0 amide bonds. The van der Waals surface area contributed by atoms with Crippen molar-refractivity contribution >= 4 is 12.2 Å². The zero-order chi connectivity index (χ0) is 18.8. The van der Waals surface area contributed by atoms with Gasteiger partial charge < -0.3 is 0 Å². The number of fused-ring (bicyclic) bond motifs is 7. The smallest absolute Gasteiger partial charge is 0.186 e. The fourth-order valence-corrected chi connectivity index (χ4v) is 4.02. The third-order valence-corrected chi connectivity index (χ3v) is 5.32. The number of benzene rings is 2. The van der Waals surface area contributed by atoms with Crippen molar-refractivity contribution < 1.29 is 8.78 Å². The summed E-state index contributed by atoms with van der Waals surface area (Å²) in [5.41, 5.74) is 6.23. The van der Waals surface area contributed by atoms with Gasteiger partial charge >= 0.3 is 0 Å². The molecule has 3 nitrogen and oxygen atoms in total. The van der Waals surface area contributed by atoms with E-state index < -0.39 is 11.6 Å². The molecule has 2 aromatic carbocycles. The van der Waals surface area contributed by atoms with Crippen molar-refractivity contribution in [3.8, 4) is 33.6 Å². The van der Waals surface area contributed by atoms with Crippen LogP contribution in [0.15, 0.2) is 54.7 Å². The number of nitrogens with zero attached hydrogens (tertiary/aromatic N) is 3. The number of hydrogen-bond donors (Lipinski definition) is 0. The van der Waals surface area contributed by atoms with E-state index in [4.69, 9.17) is 0 Å². The molecule has 2 aliphatic carbocycles. The average Bonchev–Trinajstić information content (AvgIpc) is 3.28. The summed E-state index contributed by atoms with van der Waals surface area (Å²) < 4.78 is 27.7. The SMILES string of the molecule is Fc1ccnc(-c2cc3c(nn2)C=c2c-3ccc3c2=Cc2ccccc2-3)c1F. The van der Waals surface area contributed by atoms with E-state index in [-0.39, 0.29) is 11.4 Å². The van der Waals surface area contributed by atoms with E-state index >= 15 is 0 Å². The Morgan fingerprint density at radius 1 is 0.714 bits per heavy atom. The van der Waals surface area contributed by atoms with Crippen LogP contribution in [0.1, 0.15) is 11.3 Å². The standard InChI is InChI=1S/C23H11F2N3/c24-19-7-8-26-23(22(19)25)21-11-18-15-6-5-14-13-4-2-1-3-12(13)9-16(14)17(15)10-20(18)27-28-21/h1-11H. The lowest BCUT2D eigenvalue weighted by Crippen LogP contribution is -2.25. The first kappa shape index (κ1) is 15.3. The van der Waals surface area contributed by atoms with Gasteiger partial charge in [0.15, 0.2) is 11.6 Å². The highest BCUT2D eigenvalue weighted by atomic mass is 19.2. The van der Waals surface area contributed by atoms with E-state index in [9.17, 15) is 8.78 Å². The van der Waals surface area contributed by atoms with Gasteiger partial charge in [-0.05, 0) is 57.0 Å². The molecule has 0 unspecified atom stereocenters. The van der Waals surface area contributed by atoms with Crippen molar-refractivity contribution in [1.82, 2.24) is 15.2 Å². The van der Waals surface area contributed by atoms with Gasteiger partial charge in [-0.2, -0.15) is 0 Å². The van der Waals surface area contributed by atoms with Gasteiger partial charge in [-0.1, -0.05) is 36.4 Å². The first-order chi connectivity index (χ1) is 13.7. The van der Waals surface area contributed by atoms with Crippen molar-refractivity contribution in [1.29, 1.82) is 0 Å². The average molecular weight is 367 g/mol. The van der Waals surface area contributed by atoms with Crippen molar-refractivity contribution in [3.05, 3.63) is 88.1 Å². The summed E-state index contributed by atoms with van der Waals surface area (Å²) in [5, 5.41) is 10.5. The van der Waals surface area contributed by atoms with Crippen LogP contribution in [0.25, 0.3) is 45.8 Å². The summed E-state index contributed by atoms with van der Waals surface area (Å²) >= 11 is 0. The second kappa shape index (κ2) is 5.39. The van der Waals surface area contributed by atoms with Crippen LogP contribution in [0.2, 0.25) is 0 Å². The van der Waals surface area contributed by atoms with Crippen molar-refractivity contribution in [3.63, 3.8) is 0 Å². The minimum absolute atomic E-state index is 0.135. The van der Waals surface area contributed by atoms with Crippen molar-refractivity contribution in [2.75, 3.05) is 0 Å². The van der Waals surface area contributed by atoms with Crippen molar-refractivity contribution in [2.24, 2.45) is 0 Å². The molecule has 28 heavy (non-hydrogen) atoms. The molecule has 0 atom stereocenters. The van der Waals surface area contributed by atoms with E-state index in [2.05, 4.69) is 39.5 Å². The predicted molar refractivity (Wildman–Crippen MR) is 102 cm³/mol. The Labute approximate surface area is 158 Å². The Bertz CT molecular complexity index is 1440. The third-order valence-electron chi connectivity index (χ3n) is 5.32. The van der Waals surface area contributed by atoms with Crippen LogP contribution in [0, 0.1) is 11.6 Å². The maximum absolute atomic E-state index is 14.1. The number of hydrogen-bond acceptors (Lipinski definition) is 3. The van der Waals surface area contributed by atoms with Crippen LogP contribution in [-0.2, 0) is 0 Å². The molecule has 0 saturated heterocycles. The summed E-state index contributed by atoms with van der Waals surface area (Å²) in [6, 6.07) is 15.1. The molecule has 5 heteroatoms. The molecule has 2 heterocycles. The van der Waals surface area contributed by atoms with Gasteiger partial charge in [0.25, 0.3) is 0 Å². The maximum Gasteiger partial charge on any atom is 0.186 e. The molecule has 0 N–H and O–H groups in total. The summed E-state index contributed by atoms with van der Waals surface area (Å²) in [4.78, 5) is 3.94. The number of rotatable bonds is 1. The first-order valence-electron chi connectivity index (χ1n) is 8.85. The van der Waals surface area contributed by atoms with E-state index in [0.717, 1.165) is 27.6 Å². The summed E-state index contributed by atoms with van der Waals surface area (Å²) in [5.74, 6) is -1.97. The predicted octanol–water partition coefficient (Wildman–Crippen LogP) is 3.44. The summed E-state index contributed by atoms with van der Waals surface area (Å²) in [6.45, 7) is 0. The Hall–Kier alpha value is -3.73. The Morgan fingerprint density at radius 2 is 1.50 bits per heavy atom. The van der Waals surface area contributed by atoms with E-state index in [1.54, 1.807) is 6.07 Å². The van der Waals surface area contributed by atoms with Crippen molar-refractivity contribution in [2.45, 2.75) is 0 Å². The molecule has 0 bridgehead atoms. The minimum atomic E-state index is -1.02. The van der Waals surface area contributed by atoms with Gasteiger partial charge in [0.2, 0.25) is 0 Å². The minimum Gasteiger partial charge on any atom is -0.251 e. The monoisotopic (exact) mass is 367 g/mol. The quantitative estimate of drug-likeness (QED) is 0.447. The van der Waals surface area contributed by atoms with Crippen LogP contribution in [-0.4, -0.2) is 15.2 Å². The molecule has 0 aliphatic heterocycles. The van der Waals surface area contributed by atoms with E-state index in [1.165, 1.54) is 22.9 Å². The maximum atomic E-state index is 14.1. The van der Waals surface area contributed by atoms with Gasteiger partial charge in [-0.25, -0.2) is 8.78 Å². The zero-order valence-corrected chi connectivity index (χ0v) is 14.4. The van der Waals surface area contributed by atoms with Crippen LogP contribution in [0.4, 0.5) is 8.78 Å². The van der Waals surface area contributed by atoms with Gasteiger partial charge in [0, 0.05) is 11.8 Å². The van der Waals surface area contributed by atoms with Gasteiger partial charge in [0.05, 0.1) is 5.69 Å². The van der Waals surface area contributed by atoms with E-state index in [0.29, 0.717) is 5.69 Å². The zero-order valence-electron chi connectivity index (χ0n) is 14.4. The summed E-state index contributed by atoms with van der Waals surface area (Å²) in [6.07, 6.45) is 5.40. The number of aromatic nitrogens is 3. The molecule has 2 aromatic heterocycles. The van der Waals surface area contributed by atoms with Crippen LogP contribution in [0.5, 0.6) is 0 Å². The third kappa shape index (κ3) is 1.98. The fraction of sp³-hybridized carbons (Fsp3) is 0. The van der Waals surface area contributed by atoms with Crippen LogP contribution in [0.3, 0.4) is 0 Å². The molecule has 0 spiro atoms. The normalized spacial score (nSPS) is 12.5. The fourth-order valence-electron chi connectivity index (χ4n) is 4.02. The molecule has 0 fully saturated rings. The molecule has 0 radical (unpaired) electrons. The highest BCUT2D eigenvalue weighted by molar-refractivity contribution is 5.89. The Morgan fingerprint density at radius 3 is 2.39 bits per heavy atom. The van der Waals surface area contributed by atoms with Gasteiger partial charge in [-0.3, -0.25) is 4.98 Å². The number of pyridine rings is 1. The molecule has 6 rings (SSSR count). The van der Waals surface area contributed by atoms with Gasteiger partial charge in [0.1, 0.15) is 11.4 Å². The highest BCUT2D eigenvalue weighted by Crippen LogP contribution is 2.31. The van der Waals surface area contributed by atoms with Gasteiger partial charge in [-0.15, -0.1) is 10.2 Å². The highest BCUT2D eigenvalue weighted by Gasteiger charge is 2.22. The van der Waals surface area contributed by atoms with Crippen LogP contribution >= 0.6 is 0 Å². The molecule has 4 aromatic rings. The Balaban J connectivity index is 1.57. The topological polar surface area (TPSA) is 38.7 Å². The second-order valence-corrected chi connectivity index (χ2v) is 6.85. The molecule has 2 aliphatic rings.